The maximum Gasteiger partial charge on any atom is 0.221 e. The first kappa shape index (κ1) is 47.5. The predicted molar refractivity (Wildman–Crippen MR) is 343 cm³/mol. The van der Waals surface area contributed by atoms with Crippen LogP contribution in [0.4, 0.5) is 0 Å². The number of fused-ring (bicyclic) bond motifs is 10. The lowest BCUT2D eigenvalue weighted by Crippen LogP contribution is -2.74. The average Bonchev–Trinajstić information content (AvgIpc) is 3.79. The quantitative estimate of drug-likeness (QED) is 0.0958. The van der Waals surface area contributed by atoms with Gasteiger partial charge in [0, 0.05) is 0 Å². The van der Waals surface area contributed by atoms with E-state index in [4.69, 9.17) is 15.0 Å². The number of hydrogen-bond donors (Lipinski definition) is 0. The molecule has 0 N–H and O–H groups in total. The molecule has 0 radical (unpaired) electrons. The Labute approximate surface area is 475 Å². The molecule has 16 rings (SSSR count). The molecule has 9 heteroatoms. The molecule has 0 amide bonds. The van der Waals surface area contributed by atoms with E-state index < -0.39 is 16.1 Å². The Kier molecular flexibility index (Phi) is 11.1. The number of aromatic nitrogens is 7. The van der Waals surface area contributed by atoms with Crippen LogP contribution in [0, 0.1) is 0 Å². The van der Waals surface area contributed by atoms with Gasteiger partial charge in [0.15, 0.2) is 16.1 Å². The number of pyridine rings is 1. The zero-order chi connectivity index (χ0) is 54.2. The minimum Gasteiger partial charge on any atom is -0.276 e. The van der Waals surface area contributed by atoms with Crippen molar-refractivity contribution < 1.29 is 0 Å². The van der Waals surface area contributed by atoms with Crippen LogP contribution < -0.4 is 41.5 Å². The molecule has 5 aromatic heterocycles. The largest absolute Gasteiger partial charge is 0.276 e. The Morgan fingerprint density at radius 3 is 0.866 bits per heavy atom. The van der Waals surface area contributed by atoms with E-state index in [-0.39, 0.29) is 0 Å². The third-order valence-electron chi connectivity index (χ3n) is 16.9. The van der Waals surface area contributed by atoms with Crippen molar-refractivity contribution in [3.63, 3.8) is 0 Å². The number of para-hydroxylation sites is 4. The highest BCUT2D eigenvalue weighted by Gasteiger charge is 2.43. The fraction of sp³-hybridized carbons (Fsp3) is 0. The molecule has 0 aliphatic carbocycles. The zero-order valence-corrected chi connectivity index (χ0v) is 46.6. The first-order valence-corrected chi connectivity index (χ1v) is 31.9. The molecule has 0 unspecified atom stereocenters. The molecular weight excluding hydrogens is 1030 g/mol. The second-order valence-electron chi connectivity index (χ2n) is 21.2. The summed E-state index contributed by atoms with van der Waals surface area (Å²) in [5.41, 5.74) is 10.1. The number of imidazole rings is 4. The van der Waals surface area contributed by atoms with Crippen LogP contribution in [-0.2, 0) is 0 Å². The minimum absolute atomic E-state index is 0.744. The van der Waals surface area contributed by atoms with Gasteiger partial charge in [-0.3, -0.25) is 17.9 Å². The third kappa shape index (κ3) is 7.17. The number of rotatable bonds is 11. The van der Waals surface area contributed by atoms with E-state index in [2.05, 4.69) is 327 Å². The lowest BCUT2D eigenvalue weighted by Gasteiger charge is -2.34. The highest BCUT2D eigenvalue weighted by molar-refractivity contribution is 7.20. The van der Waals surface area contributed by atoms with Crippen LogP contribution in [0.2, 0.25) is 0 Å². The molecule has 5 heterocycles. The molecule has 0 fully saturated rings. The maximum atomic E-state index is 5.85. The Hall–Kier alpha value is -10.5. The van der Waals surface area contributed by atoms with E-state index in [1.165, 1.54) is 41.5 Å². The fourth-order valence-corrected chi connectivity index (χ4v) is 22.9. The summed E-state index contributed by atoms with van der Waals surface area (Å²) in [5, 5.41) is 10.5. The van der Waals surface area contributed by atoms with Crippen LogP contribution in [0.15, 0.2) is 309 Å². The van der Waals surface area contributed by atoms with E-state index in [1.807, 2.05) is 0 Å². The summed E-state index contributed by atoms with van der Waals surface area (Å²) in [4.78, 5) is 16.9. The Morgan fingerprint density at radius 1 is 0.220 bits per heavy atom. The van der Waals surface area contributed by atoms with Crippen LogP contribution in [0.5, 0.6) is 0 Å². The highest BCUT2D eigenvalue weighted by Crippen LogP contribution is 2.35. The van der Waals surface area contributed by atoms with Gasteiger partial charge in [0.05, 0.1) is 44.1 Å². The molecule has 7 nitrogen and oxygen atoms in total. The summed E-state index contributed by atoms with van der Waals surface area (Å²) in [6.07, 6.45) is 0. The van der Waals surface area contributed by atoms with Gasteiger partial charge in [-0.1, -0.05) is 249 Å². The second kappa shape index (κ2) is 19.1. The molecule has 0 bridgehead atoms. The number of benzene rings is 11. The van der Waals surface area contributed by atoms with Gasteiger partial charge in [-0.15, -0.1) is 0 Å². The van der Waals surface area contributed by atoms with Crippen molar-refractivity contribution in [2.45, 2.75) is 0 Å². The normalized spacial score (nSPS) is 12.1. The average molecular weight is 1080 g/mol. The summed E-state index contributed by atoms with van der Waals surface area (Å²) in [5.74, 6) is 3.05. The topological polar surface area (TPSA) is 57.4 Å². The number of hydrogen-bond acceptors (Lipinski definition) is 3. The van der Waals surface area contributed by atoms with Crippen LogP contribution in [-0.4, -0.2) is 49.0 Å². The van der Waals surface area contributed by atoms with Crippen molar-refractivity contribution in [2.24, 2.45) is 0 Å². The third-order valence-corrected chi connectivity index (χ3v) is 26.4. The summed E-state index contributed by atoms with van der Waals surface area (Å²) >= 11 is 0. The monoisotopic (exact) mass is 1080 g/mol. The van der Waals surface area contributed by atoms with E-state index in [0.717, 1.165) is 78.5 Å². The van der Waals surface area contributed by atoms with Gasteiger partial charge in [-0.25, -0.2) is 15.0 Å². The lowest BCUT2D eigenvalue weighted by molar-refractivity contribution is 0.983. The smallest absolute Gasteiger partial charge is 0.221 e. The maximum absolute atomic E-state index is 5.85. The van der Waals surface area contributed by atoms with Gasteiger partial charge >= 0.3 is 0 Å². The Balaban J connectivity index is 0.986. The molecule has 0 atom stereocenters. The molecule has 0 spiro atoms. The molecule has 0 saturated carbocycles. The summed E-state index contributed by atoms with van der Waals surface area (Å²) in [6, 6.07) is 113. The van der Waals surface area contributed by atoms with Gasteiger partial charge < -0.3 is 0 Å². The number of nitrogens with zero attached hydrogens (tertiary/aromatic N) is 7. The molecule has 16 aromatic rings. The van der Waals surface area contributed by atoms with Crippen LogP contribution in [0.25, 0.3) is 78.5 Å². The summed E-state index contributed by atoms with van der Waals surface area (Å²) < 4.78 is 9.24. The van der Waals surface area contributed by atoms with E-state index in [1.54, 1.807) is 0 Å². The first-order valence-electron chi connectivity index (χ1n) is 27.9. The molecule has 0 aliphatic heterocycles. The van der Waals surface area contributed by atoms with Crippen LogP contribution in [0.3, 0.4) is 0 Å². The van der Waals surface area contributed by atoms with E-state index in [0.29, 0.717) is 0 Å². The van der Waals surface area contributed by atoms with Crippen molar-refractivity contribution in [2.75, 3.05) is 0 Å². The predicted octanol–water partition coefficient (Wildman–Crippen LogP) is 11.0. The van der Waals surface area contributed by atoms with Crippen LogP contribution in [0.1, 0.15) is 0 Å². The van der Waals surface area contributed by atoms with Crippen molar-refractivity contribution in [1.29, 1.82) is 0 Å². The summed E-state index contributed by atoms with van der Waals surface area (Å²) in [6.45, 7) is 0. The van der Waals surface area contributed by atoms with Crippen LogP contribution >= 0.6 is 0 Å². The molecule has 0 saturated heterocycles. The zero-order valence-electron chi connectivity index (χ0n) is 44.6. The Bertz CT molecular complexity index is 4530. The summed E-state index contributed by atoms with van der Waals surface area (Å²) in [7, 11) is -5.86. The van der Waals surface area contributed by atoms with Gasteiger partial charge in [0.25, 0.3) is 0 Å². The van der Waals surface area contributed by atoms with E-state index >= 15 is 0 Å². The molecule has 386 valence electrons. The van der Waals surface area contributed by atoms with Gasteiger partial charge in [0.1, 0.15) is 11.6 Å². The second-order valence-corrected chi connectivity index (χ2v) is 28.8. The molecule has 11 aromatic carbocycles. The van der Waals surface area contributed by atoms with Crippen molar-refractivity contribution in [3.05, 3.63) is 309 Å². The van der Waals surface area contributed by atoms with Gasteiger partial charge in [0.2, 0.25) is 11.6 Å². The Morgan fingerprint density at radius 2 is 0.524 bits per heavy atom. The van der Waals surface area contributed by atoms with Crippen molar-refractivity contribution >= 4 is 113 Å². The SMILES string of the molecule is c1ccc(-c2cc(-n3c4ccc([Si](c5ccccc5)(c5ccccc5)c5ccccc5)cc4n4c5ccccc5nc34)nc(-n3c4ccc([Si](c5ccccc5)(c5ccccc5)c5ccccc5)cc4n4c5ccccc5nc34)c2)cc1. The first-order chi connectivity index (χ1) is 40.7. The van der Waals surface area contributed by atoms with Gasteiger partial charge in [-0.05, 0) is 113 Å². The van der Waals surface area contributed by atoms with Crippen molar-refractivity contribution in [1.82, 2.24) is 32.9 Å². The minimum atomic E-state index is -2.93. The fourth-order valence-electron chi connectivity index (χ4n) is 13.4. The molecule has 82 heavy (non-hydrogen) atoms. The van der Waals surface area contributed by atoms with E-state index in [9.17, 15) is 0 Å². The highest BCUT2D eigenvalue weighted by atomic mass is 28.3. The lowest BCUT2D eigenvalue weighted by atomic mass is 10.1. The van der Waals surface area contributed by atoms with Gasteiger partial charge in [-0.2, -0.15) is 0 Å². The molecule has 0 aliphatic rings. The van der Waals surface area contributed by atoms with Crippen molar-refractivity contribution in [3.8, 4) is 22.8 Å². The molecular formula is C73H51N7Si2. The standard InChI is InChI=1S/C73H51N7Si2/c1-8-26-52(27-9-1)53-48-70(79-66-46-44-60(50-68(66)77-64-42-24-22-40-62(64)74-72(77)79)81(54-28-10-2-11-29-54,55-30-12-3-13-31-55)56-32-14-4-15-33-56)76-71(49-53)80-67-47-45-61(51-69(67)78-65-43-25-23-41-63(65)75-73(78)80)82(57-34-16-5-17-35-57,58-36-18-6-19-37-58)59-38-20-7-21-39-59/h1-51H.